The molecule has 4 aromatic rings. The molecule has 1 aliphatic rings. The summed E-state index contributed by atoms with van der Waals surface area (Å²) in [7, 11) is 1.32. The van der Waals surface area contributed by atoms with Crippen molar-refractivity contribution in [3.8, 4) is 11.5 Å². The van der Waals surface area contributed by atoms with E-state index in [-0.39, 0.29) is 17.0 Å². The summed E-state index contributed by atoms with van der Waals surface area (Å²) in [5.74, 6) is 1.33. The van der Waals surface area contributed by atoms with E-state index >= 15 is 0 Å². The van der Waals surface area contributed by atoms with Gasteiger partial charge in [-0.2, -0.15) is 0 Å². The van der Waals surface area contributed by atoms with Gasteiger partial charge in [-0.05, 0) is 58.6 Å². The van der Waals surface area contributed by atoms with Crippen LogP contribution in [0.5, 0.6) is 11.5 Å². The normalized spacial score (nSPS) is 15.3. The maximum absolute atomic E-state index is 13.6. The van der Waals surface area contributed by atoms with Gasteiger partial charge in [0.25, 0.3) is 5.91 Å². The highest BCUT2D eigenvalue weighted by atomic mass is 32.2. The van der Waals surface area contributed by atoms with Crippen LogP contribution >= 0.6 is 11.8 Å². The number of fused-ring (bicyclic) bond motifs is 1. The molecular weight excluding hydrogens is 582 g/mol. The lowest BCUT2D eigenvalue weighted by Gasteiger charge is -2.21. The van der Waals surface area contributed by atoms with Crippen molar-refractivity contribution in [2.45, 2.75) is 62.9 Å². The van der Waals surface area contributed by atoms with Gasteiger partial charge >= 0.3 is 5.97 Å². The number of thioether (sulfide) groups is 1. The Hall–Kier alpha value is -4.43. The topological polar surface area (TPSA) is 90.4 Å². The number of hydrogen-bond donors (Lipinski definition) is 1. The average molecular weight is 622 g/mol. The smallest absolute Gasteiger partial charge is 0.328 e. The molecule has 1 N–H and O–H groups in total. The van der Waals surface area contributed by atoms with Crippen LogP contribution in [0.3, 0.4) is 0 Å². The second kappa shape index (κ2) is 14.1. The monoisotopic (exact) mass is 621 g/mol. The molecule has 232 valence electrons. The number of esters is 1. The van der Waals surface area contributed by atoms with Crippen LogP contribution < -0.4 is 10.1 Å². The van der Waals surface area contributed by atoms with E-state index in [2.05, 4.69) is 67.5 Å². The molecule has 0 radical (unpaired) electrons. The van der Waals surface area contributed by atoms with Crippen molar-refractivity contribution in [3.05, 3.63) is 113 Å². The van der Waals surface area contributed by atoms with E-state index in [0.29, 0.717) is 34.0 Å². The Bertz CT molecular complexity index is 1730. The van der Waals surface area contributed by atoms with Crippen molar-refractivity contribution in [3.63, 3.8) is 0 Å². The summed E-state index contributed by atoms with van der Waals surface area (Å²) in [6, 6.07) is 22.9. The third-order valence-corrected chi connectivity index (χ3v) is 8.54. The van der Waals surface area contributed by atoms with E-state index in [4.69, 9.17) is 14.5 Å². The number of rotatable bonds is 10. The second-order valence-corrected chi connectivity index (χ2v) is 13.2. The number of aromatic nitrogens is 2. The number of carbonyl (C=O) groups is 2. The quantitative estimate of drug-likeness (QED) is 0.141. The first-order valence-corrected chi connectivity index (χ1v) is 16.2. The summed E-state index contributed by atoms with van der Waals surface area (Å²) >= 11 is 1.42. The number of amides is 1. The third-order valence-electron chi connectivity index (χ3n) is 7.69. The Balaban J connectivity index is 1.33. The molecule has 3 aromatic carbocycles. The Morgan fingerprint density at radius 2 is 1.71 bits per heavy atom. The van der Waals surface area contributed by atoms with Crippen molar-refractivity contribution in [2.75, 3.05) is 12.9 Å². The minimum absolute atomic E-state index is 0.0572. The molecule has 7 nitrogen and oxygen atoms in total. The fourth-order valence-corrected chi connectivity index (χ4v) is 5.90. The van der Waals surface area contributed by atoms with Crippen molar-refractivity contribution in [1.29, 1.82) is 0 Å². The summed E-state index contributed by atoms with van der Waals surface area (Å²) in [6.07, 6.45) is 7.41. The van der Waals surface area contributed by atoms with E-state index in [1.807, 2.05) is 55.5 Å². The average Bonchev–Trinajstić information content (AvgIpc) is 3.04. The van der Waals surface area contributed by atoms with Crippen molar-refractivity contribution < 1.29 is 19.1 Å². The molecule has 5 rings (SSSR count). The highest BCUT2D eigenvalue weighted by molar-refractivity contribution is 7.99. The Kier molecular flexibility index (Phi) is 10.0. The maximum atomic E-state index is 13.6. The van der Waals surface area contributed by atoms with Crippen LogP contribution in [0.2, 0.25) is 0 Å². The van der Waals surface area contributed by atoms with E-state index < -0.39 is 17.9 Å². The molecule has 0 saturated heterocycles. The van der Waals surface area contributed by atoms with E-state index in [1.54, 1.807) is 6.07 Å². The highest BCUT2D eigenvalue weighted by Gasteiger charge is 2.27. The SMILES string of the molecule is CCSc1nc2cc(Oc3ccc(C(C)(C)C)cc3)ccc2nc1C(=O)N[C@@H](CC1=CCC(c2ccccc2)C=C1)C(=O)OC. The van der Waals surface area contributed by atoms with Gasteiger partial charge in [0.2, 0.25) is 0 Å². The zero-order chi connectivity index (χ0) is 32.0. The predicted molar refractivity (Wildman–Crippen MR) is 180 cm³/mol. The van der Waals surface area contributed by atoms with Gasteiger partial charge in [-0.25, -0.2) is 14.8 Å². The van der Waals surface area contributed by atoms with Crippen LogP contribution in [0, 0.1) is 0 Å². The molecular formula is C37H39N3O4S. The summed E-state index contributed by atoms with van der Waals surface area (Å²) in [4.78, 5) is 35.8. The lowest BCUT2D eigenvalue weighted by Crippen LogP contribution is -2.42. The first kappa shape index (κ1) is 32.0. The number of allylic oxidation sites excluding steroid dienone is 3. The molecule has 1 amide bonds. The van der Waals surface area contributed by atoms with Crippen LogP contribution in [-0.4, -0.2) is 40.7 Å². The summed E-state index contributed by atoms with van der Waals surface area (Å²) < 4.78 is 11.2. The Morgan fingerprint density at radius 3 is 2.36 bits per heavy atom. The van der Waals surface area contributed by atoms with Gasteiger partial charge in [0, 0.05) is 18.4 Å². The first-order valence-electron chi connectivity index (χ1n) is 15.2. The summed E-state index contributed by atoms with van der Waals surface area (Å²) in [6.45, 7) is 8.51. The summed E-state index contributed by atoms with van der Waals surface area (Å²) in [5.41, 5.74) is 4.83. The van der Waals surface area contributed by atoms with Gasteiger partial charge in [-0.3, -0.25) is 4.79 Å². The number of ether oxygens (including phenoxy) is 2. The van der Waals surface area contributed by atoms with Crippen molar-refractivity contribution in [2.24, 2.45) is 0 Å². The van der Waals surface area contributed by atoms with E-state index in [1.165, 1.54) is 30.0 Å². The minimum Gasteiger partial charge on any atom is -0.467 e. The molecule has 0 spiro atoms. The van der Waals surface area contributed by atoms with Gasteiger partial charge in [0.15, 0.2) is 5.69 Å². The maximum Gasteiger partial charge on any atom is 0.328 e. The van der Waals surface area contributed by atoms with Crippen LogP contribution in [0.4, 0.5) is 0 Å². The molecule has 0 bridgehead atoms. The molecule has 0 fully saturated rings. The molecule has 8 heteroatoms. The van der Waals surface area contributed by atoms with Crippen LogP contribution in [0.25, 0.3) is 11.0 Å². The molecule has 1 aromatic heterocycles. The lowest BCUT2D eigenvalue weighted by atomic mass is 9.87. The van der Waals surface area contributed by atoms with Crippen molar-refractivity contribution >= 4 is 34.7 Å². The van der Waals surface area contributed by atoms with Gasteiger partial charge in [0.05, 0.1) is 18.1 Å². The highest BCUT2D eigenvalue weighted by Crippen LogP contribution is 2.31. The number of carbonyl (C=O) groups excluding carboxylic acids is 2. The number of hydrogen-bond acceptors (Lipinski definition) is 7. The number of nitrogens with zero attached hydrogens (tertiary/aromatic N) is 2. The minimum atomic E-state index is -0.871. The van der Waals surface area contributed by atoms with Gasteiger partial charge in [0.1, 0.15) is 22.6 Å². The van der Waals surface area contributed by atoms with Gasteiger partial charge < -0.3 is 14.8 Å². The van der Waals surface area contributed by atoms with Crippen LogP contribution in [-0.2, 0) is 14.9 Å². The predicted octanol–water partition coefficient (Wildman–Crippen LogP) is 8.16. The Morgan fingerprint density at radius 1 is 0.978 bits per heavy atom. The number of methoxy groups -OCH3 is 1. The molecule has 1 heterocycles. The van der Waals surface area contributed by atoms with E-state index in [9.17, 15) is 9.59 Å². The van der Waals surface area contributed by atoms with Crippen molar-refractivity contribution in [1.82, 2.24) is 15.3 Å². The molecule has 45 heavy (non-hydrogen) atoms. The summed E-state index contributed by atoms with van der Waals surface area (Å²) in [5, 5.41) is 3.35. The number of benzene rings is 3. The van der Waals surface area contributed by atoms with E-state index in [0.717, 1.165) is 17.7 Å². The second-order valence-electron chi connectivity index (χ2n) is 12.0. The fraction of sp³-hybridized carbons (Fsp3) is 0.297. The standard InChI is InChI=1S/C37H39N3O4S/c1-6-45-35-33(38-30-21-20-29(23-31(30)40-35)44-28-18-16-27(17-19-28)37(2,3)4)34(41)39-32(36(42)43-5)22-24-12-14-26(15-13-24)25-10-8-7-9-11-25/h7-14,16-21,23,26,32H,6,15,22H2,1-5H3,(H,39,41)/t26?,32-/m0/s1. The third kappa shape index (κ3) is 8.00. The molecule has 1 unspecified atom stereocenters. The lowest BCUT2D eigenvalue weighted by molar-refractivity contribution is -0.142. The largest absolute Gasteiger partial charge is 0.467 e. The number of nitrogens with one attached hydrogen (secondary N) is 1. The molecule has 2 atom stereocenters. The van der Waals surface area contributed by atoms with Gasteiger partial charge in [-0.15, -0.1) is 11.8 Å². The molecule has 1 aliphatic carbocycles. The van der Waals surface area contributed by atoms with Gasteiger partial charge in [-0.1, -0.05) is 88.4 Å². The Labute approximate surface area is 269 Å². The van der Waals surface area contributed by atoms with Crippen LogP contribution in [0.1, 0.15) is 68.1 Å². The molecule has 0 saturated carbocycles. The zero-order valence-electron chi connectivity index (χ0n) is 26.4. The zero-order valence-corrected chi connectivity index (χ0v) is 27.2. The molecule has 0 aliphatic heterocycles. The first-order chi connectivity index (χ1) is 21.6. The van der Waals surface area contributed by atoms with Crippen LogP contribution in [0.15, 0.2) is 102 Å². The fourth-order valence-electron chi connectivity index (χ4n) is 5.19.